The molecule has 0 bridgehead atoms. The highest BCUT2D eigenvalue weighted by molar-refractivity contribution is 6.00. The van der Waals surface area contributed by atoms with Crippen molar-refractivity contribution in [1.82, 2.24) is 5.32 Å². The summed E-state index contributed by atoms with van der Waals surface area (Å²) in [4.78, 5) is 24.2. The number of amides is 2. The fourth-order valence-corrected chi connectivity index (χ4v) is 2.49. The van der Waals surface area contributed by atoms with E-state index in [1.54, 1.807) is 56.7 Å². The summed E-state index contributed by atoms with van der Waals surface area (Å²) in [7, 11) is 4.42. The van der Waals surface area contributed by atoms with Crippen molar-refractivity contribution in [2.45, 2.75) is 13.0 Å². The molecule has 2 rings (SSSR count). The SMILES string of the molecule is COC(=O)c1ccccc1NC(=O)N[C@H](C)c1cc(OC)ccc1OC. The number of hydrogen-bond acceptors (Lipinski definition) is 5. The zero-order valence-electron chi connectivity index (χ0n) is 15.2. The molecule has 0 aromatic heterocycles. The van der Waals surface area contributed by atoms with Crippen molar-refractivity contribution in [3.05, 3.63) is 53.6 Å². The molecule has 0 saturated carbocycles. The summed E-state index contributed by atoms with van der Waals surface area (Å²) in [6, 6.07) is 11.2. The summed E-state index contributed by atoms with van der Waals surface area (Å²) < 4.78 is 15.3. The van der Waals surface area contributed by atoms with Gasteiger partial charge in [-0.2, -0.15) is 0 Å². The molecular formula is C19H22N2O5. The summed E-state index contributed by atoms with van der Waals surface area (Å²) in [5.41, 5.74) is 1.40. The summed E-state index contributed by atoms with van der Waals surface area (Å²) in [5.74, 6) is 0.767. The molecule has 1 atom stereocenters. The molecule has 7 nitrogen and oxygen atoms in total. The van der Waals surface area contributed by atoms with Gasteiger partial charge < -0.3 is 24.8 Å². The predicted octanol–water partition coefficient (Wildman–Crippen LogP) is 3.37. The van der Waals surface area contributed by atoms with E-state index in [-0.39, 0.29) is 11.6 Å². The van der Waals surface area contributed by atoms with E-state index in [0.717, 1.165) is 5.56 Å². The first-order valence-electron chi connectivity index (χ1n) is 7.97. The smallest absolute Gasteiger partial charge is 0.339 e. The fraction of sp³-hybridized carbons (Fsp3) is 0.263. The molecule has 0 fully saturated rings. The molecule has 0 aliphatic carbocycles. The van der Waals surface area contributed by atoms with Gasteiger partial charge in [0.05, 0.1) is 38.6 Å². The number of anilines is 1. The second kappa shape index (κ2) is 8.75. The molecule has 138 valence electrons. The quantitative estimate of drug-likeness (QED) is 0.773. The number of hydrogen-bond donors (Lipinski definition) is 2. The second-order valence-corrected chi connectivity index (χ2v) is 5.47. The van der Waals surface area contributed by atoms with Gasteiger partial charge in [0.1, 0.15) is 11.5 Å². The zero-order valence-corrected chi connectivity index (χ0v) is 15.2. The maximum absolute atomic E-state index is 12.4. The van der Waals surface area contributed by atoms with E-state index >= 15 is 0 Å². The highest BCUT2D eigenvalue weighted by atomic mass is 16.5. The van der Waals surface area contributed by atoms with Crippen molar-refractivity contribution >= 4 is 17.7 Å². The molecule has 0 aliphatic heterocycles. The van der Waals surface area contributed by atoms with Gasteiger partial charge in [0.15, 0.2) is 0 Å². The minimum atomic E-state index is -0.525. The first kappa shape index (κ1) is 19.1. The lowest BCUT2D eigenvalue weighted by Gasteiger charge is -2.19. The van der Waals surface area contributed by atoms with Crippen LogP contribution in [0.4, 0.5) is 10.5 Å². The molecular weight excluding hydrogens is 336 g/mol. The lowest BCUT2D eigenvalue weighted by atomic mass is 10.1. The molecule has 0 spiro atoms. The van der Waals surface area contributed by atoms with Crippen molar-refractivity contribution in [2.75, 3.05) is 26.6 Å². The van der Waals surface area contributed by atoms with Crippen LogP contribution < -0.4 is 20.1 Å². The van der Waals surface area contributed by atoms with Gasteiger partial charge in [0, 0.05) is 5.56 Å². The number of rotatable bonds is 6. The number of ether oxygens (including phenoxy) is 3. The number of carbonyl (C=O) groups excluding carboxylic acids is 2. The van der Waals surface area contributed by atoms with Crippen LogP contribution in [-0.4, -0.2) is 33.3 Å². The van der Waals surface area contributed by atoms with Gasteiger partial charge in [-0.1, -0.05) is 12.1 Å². The van der Waals surface area contributed by atoms with Crippen LogP contribution in [0.3, 0.4) is 0 Å². The number of methoxy groups -OCH3 is 3. The third-order valence-electron chi connectivity index (χ3n) is 3.83. The number of nitrogens with one attached hydrogen (secondary N) is 2. The molecule has 0 saturated heterocycles. The molecule has 0 unspecified atom stereocenters. The summed E-state index contributed by atoms with van der Waals surface area (Å²) >= 11 is 0. The minimum Gasteiger partial charge on any atom is -0.497 e. The highest BCUT2D eigenvalue weighted by Gasteiger charge is 2.17. The molecule has 2 aromatic carbocycles. The molecule has 2 N–H and O–H groups in total. The topological polar surface area (TPSA) is 85.9 Å². The average Bonchev–Trinajstić information content (AvgIpc) is 2.67. The standard InChI is InChI=1S/C19H22N2O5/c1-12(15-11-13(24-2)9-10-17(15)25-3)20-19(23)21-16-8-6-5-7-14(16)18(22)26-4/h5-12H,1-4H3,(H2,20,21,23)/t12-/m1/s1. The molecule has 2 aromatic rings. The van der Waals surface area contributed by atoms with Crippen LogP contribution in [0.2, 0.25) is 0 Å². The van der Waals surface area contributed by atoms with E-state index in [1.165, 1.54) is 7.11 Å². The number of carbonyl (C=O) groups is 2. The van der Waals surface area contributed by atoms with Crippen LogP contribution in [0, 0.1) is 0 Å². The lowest BCUT2D eigenvalue weighted by Crippen LogP contribution is -2.32. The van der Waals surface area contributed by atoms with E-state index < -0.39 is 12.0 Å². The van der Waals surface area contributed by atoms with Gasteiger partial charge in [-0.25, -0.2) is 9.59 Å². The Morgan fingerprint density at radius 1 is 1.00 bits per heavy atom. The maximum Gasteiger partial charge on any atom is 0.339 e. The molecule has 0 aliphatic rings. The van der Waals surface area contributed by atoms with E-state index in [9.17, 15) is 9.59 Å². The van der Waals surface area contributed by atoms with Gasteiger partial charge in [0.2, 0.25) is 0 Å². The van der Waals surface area contributed by atoms with Crippen LogP contribution in [0.15, 0.2) is 42.5 Å². The van der Waals surface area contributed by atoms with E-state index in [0.29, 0.717) is 17.2 Å². The van der Waals surface area contributed by atoms with Gasteiger partial charge >= 0.3 is 12.0 Å². The van der Waals surface area contributed by atoms with Crippen molar-refractivity contribution < 1.29 is 23.8 Å². The fourth-order valence-electron chi connectivity index (χ4n) is 2.49. The molecule has 0 radical (unpaired) electrons. The Morgan fingerprint density at radius 2 is 1.73 bits per heavy atom. The van der Waals surface area contributed by atoms with E-state index in [2.05, 4.69) is 10.6 Å². The number of esters is 1. The molecule has 2 amide bonds. The molecule has 0 heterocycles. The normalized spacial score (nSPS) is 11.2. The summed E-state index contributed by atoms with van der Waals surface area (Å²) in [6.45, 7) is 1.82. The van der Waals surface area contributed by atoms with Crippen molar-refractivity contribution in [3.8, 4) is 11.5 Å². The Bertz CT molecular complexity index is 791. The Morgan fingerprint density at radius 3 is 2.38 bits per heavy atom. The summed E-state index contributed by atoms with van der Waals surface area (Å²) in [6.07, 6.45) is 0. The largest absolute Gasteiger partial charge is 0.497 e. The summed E-state index contributed by atoms with van der Waals surface area (Å²) in [5, 5.41) is 5.49. The van der Waals surface area contributed by atoms with Gasteiger partial charge in [0.25, 0.3) is 0 Å². The van der Waals surface area contributed by atoms with Crippen LogP contribution in [0.5, 0.6) is 11.5 Å². The van der Waals surface area contributed by atoms with E-state index in [1.807, 2.05) is 6.92 Å². The first-order chi connectivity index (χ1) is 12.5. The Balaban J connectivity index is 2.15. The third-order valence-corrected chi connectivity index (χ3v) is 3.83. The van der Waals surface area contributed by atoms with Crippen LogP contribution in [0.1, 0.15) is 28.9 Å². The molecule has 26 heavy (non-hydrogen) atoms. The highest BCUT2D eigenvalue weighted by Crippen LogP contribution is 2.29. The Labute approximate surface area is 152 Å². The predicted molar refractivity (Wildman–Crippen MR) is 97.9 cm³/mol. The average molecular weight is 358 g/mol. The monoisotopic (exact) mass is 358 g/mol. The Hall–Kier alpha value is -3.22. The van der Waals surface area contributed by atoms with Crippen molar-refractivity contribution in [3.63, 3.8) is 0 Å². The number of benzene rings is 2. The van der Waals surface area contributed by atoms with Crippen LogP contribution in [0.25, 0.3) is 0 Å². The first-order valence-corrected chi connectivity index (χ1v) is 7.97. The van der Waals surface area contributed by atoms with Crippen molar-refractivity contribution in [2.24, 2.45) is 0 Å². The zero-order chi connectivity index (χ0) is 19.1. The van der Waals surface area contributed by atoms with Gasteiger partial charge in [-0.3, -0.25) is 0 Å². The van der Waals surface area contributed by atoms with Gasteiger partial charge in [-0.05, 0) is 37.3 Å². The van der Waals surface area contributed by atoms with Gasteiger partial charge in [-0.15, -0.1) is 0 Å². The Kier molecular flexibility index (Phi) is 6.43. The van der Waals surface area contributed by atoms with E-state index in [4.69, 9.17) is 14.2 Å². The maximum atomic E-state index is 12.4. The third kappa shape index (κ3) is 4.44. The number of para-hydroxylation sites is 1. The lowest BCUT2D eigenvalue weighted by molar-refractivity contribution is 0.0602. The van der Waals surface area contributed by atoms with Crippen molar-refractivity contribution in [1.29, 1.82) is 0 Å². The number of urea groups is 1. The van der Waals surface area contributed by atoms with Crippen LogP contribution in [-0.2, 0) is 4.74 Å². The molecule has 7 heteroatoms. The van der Waals surface area contributed by atoms with Crippen LogP contribution >= 0.6 is 0 Å². The minimum absolute atomic E-state index is 0.275. The second-order valence-electron chi connectivity index (χ2n) is 5.47.